The van der Waals surface area contributed by atoms with Crippen LogP contribution < -0.4 is 16.6 Å². The first kappa shape index (κ1) is 25.0. The van der Waals surface area contributed by atoms with E-state index in [1.54, 1.807) is 24.3 Å². The largest absolute Gasteiger partial charge is 0.349 e. The summed E-state index contributed by atoms with van der Waals surface area (Å²) in [4.78, 5) is 43.4. The Morgan fingerprint density at radius 3 is 2.34 bits per heavy atom. The predicted octanol–water partition coefficient (Wildman–Crippen LogP) is 3.86. The number of nitrogens with zero attached hydrogens (tertiary/aromatic N) is 3. The van der Waals surface area contributed by atoms with Gasteiger partial charge in [-0.3, -0.25) is 14.2 Å². The number of carbonyl (C=O) groups is 1. The van der Waals surface area contributed by atoms with Gasteiger partial charge in [-0.25, -0.2) is 27.5 Å². The van der Waals surface area contributed by atoms with Crippen LogP contribution in [0.3, 0.4) is 0 Å². The van der Waals surface area contributed by atoms with E-state index in [1.165, 1.54) is 6.07 Å². The molecule has 0 aliphatic heterocycles. The van der Waals surface area contributed by atoms with E-state index in [0.29, 0.717) is 36.8 Å². The van der Waals surface area contributed by atoms with E-state index in [2.05, 4.69) is 16.2 Å². The Balaban J connectivity index is 1.45. The molecule has 1 aliphatic rings. The lowest BCUT2D eigenvalue weighted by Crippen LogP contribution is -2.45. The van der Waals surface area contributed by atoms with Gasteiger partial charge in [-0.1, -0.05) is 5.92 Å². The van der Waals surface area contributed by atoms with Crippen LogP contribution in [0.1, 0.15) is 47.6 Å². The summed E-state index contributed by atoms with van der Waals surface area (Å²) in [5.41, 5.74) is -0.623. The number of terminal acetylenes is 1. The predicted molar refractivity (Wildman–Crippen MR) is 135 cm³/mol. The van der Waals surface area contributed by atoms with Crippen LogP contribution in [-0.2, 0) is 0 Å². The molecule has 2 aromatic heterocycles. The molecule has 192 valence electrons. The van der Waals surface area contributed by atoms with Gasteiger partial charge in [0.25, 0.3) is 11.5 Å². The Hall–Kier alpha value is -4.65. The second kappa shape index (κ2) is 10.0. The van der Waals surface area contributed by atoms with Crippen LogP contribution in [0.4, 0.5) is 13.2 Å². The number of benzene rings is 2. The minimum Gasteiger partial charge on any atom is -0.349 e. The fourth-order valence-electron chi connectivity index (χ4n) is 4.83. The lowest BCUT2D eigenvalue weighted by molar-refractivity contribution is 0.0922. The molecule has 7 nitrogen and oxygen atoms in total. The summed E-state index contributed by atoms with van der Waals surface area (Å²) in [5.74, 6) is -0.844. The molecule has 0 saturated heterocycles. The summed E-state index contributed by atoms with van der Waals surface area (Å²) in [7, 11) is 0. The van der Waals surface area contributed by atoms with Gasteiger partial charge in [-0.05, 0) is 68.1 Å². The van der Waals surface area contributed by atoms with Crippen LogP contribution >= 0.6 is 0 Å². The molecule has 1 aliphatic carbocycles. The molecule has 2 heterocycles. The van der Waals surface area contributed by atoms with Gasteiger partial charge in [0.1, 0.15) is 5.82 Å². The highest BCUT2D eigenvalue weighted by Crippen LogP contribution is 2.28. The minimum absolute atomic E-state index is 0.0523. The van der Waals surface area contributed by atoms with Crippen molar-refractivity contribution in [2.75, 3.05) is 0 Å². The van der Waals surface area contributed by atoms with Gasteiger partial charge in [0, 0.05) is 29.3 Å². The number of carbonyl (C=O) groups excluding carboxylic acids is 1. The molecule has 0 bridgehead atoms. The van der Waals surface area contributed by atoms with Gasteiger partial charge >= 0.3 is 5.69 Å². The summed E-state index contributed by atoms with van der Waals surface area (Å²) in [6.45, 7) is 0. The van der Waals surface area contributed by atoms with E-state index in [9.17, 15) is 27.6 Å². The van der Waals surface area contributed by atoms with E-state index in [-0.39, 0.29) is 28.7 Å². The van der Waals surface area contributed by atoms with E-state index in [1.807, 2.05) is 0 Å². The molecule has 10 heteroatoms. The Bertz CT molecular complexity index is 1710. The quantitative estimate of drug-likeness (QED) is 0.416. The van der Waals surface area contributed by atoms with Crippen LogP contribution in [0.15, 0.2) is 64.3 Å². The zero-order valence-electron chi connectivity index (χ0n) is 20.0. The maximum absolute atomic E-state index is 14.0. The average molecular weight is 518 g/mol. The molecule has 38 heavy (non-hydrogen) atoms. The number of nitrogens with one attached hydrogen (secondary N) is 1. The van der Waals surface area contributed by atoms with Crippen molar-refractivity contribution in [3.63, 3.8) is 0 Å². The molecule has 1 saturated carbocycles. The third-order valence-corrected chi connectivity index (χ3v) is 6.76. The monoisotopic (exact) mass is 518 g/mol. The van der Waals surface area contributed by atoms with Crippen LogP contribution in [0.2, 0.25) is 0 Å². The van der Waals surface area contributed by atoms with E-state index in [4.69, 9.17) is 6.42 Å². The Labute approximate surface area is 214 Å². The number of halogens is 3. The molecule has 0 radical (unpaired) electrons. The first-order chi connectivity index (χ1) is 18.3. The van der Waals surface area contributed by atoms with Gasteiger partial charge in [-0.2, -0.15) is 0 Å². The van der Waals surface area contributed by atoms with Crippen molar-refractivity contribution in [2.24, 2.45) is 0 Å². The van der Waals surface area contributed by atoms with Crippen LogP contribution in [-0.4, -0.2) is 26.1 Å². The third kappa shape index (κ3) is 4.59. The maximum atomic E-state index is 14.0. The highest BCUT2D eigenvalue weighted by molar-refractivity contribution is 5.94. The van der Waals surface area contributed by atoms with E-state index >= 15 is 0 Å². The maximum Gasteiger partial charge on any atom is 0.337 e. The molecule has 0 spiro atoms. The molecule has 5 rings (SSSR count). The zero-order valence-corrected chi connectivity index (χ0v) is 20.0. The molecule has 1 amide bonds. The SMILES string of the molecule is C#Cc1ccc(C(=O)N[C@H]2CC[C@@H](n3c(=O)c4cc(F)cnc4n(-c4ccc(F)c(F)c4)c3=O)CC2)cc1. The highest BCUT2D eigenvalue weighted by Gasteiger charge is 2.28. The molecule has 2 aromatic carbocycles. The summed E-state index contributed by atoms with van der Waals surface area (Å²) >= 11 is 0. The molecule has 1 fully saturated rings. The topological polar surface area (TPSA) is 86.0 Å². The van der Waals surface area contributed by atoms with Gasteiger partial charge in [-0.15, -0.1) is 6.42 Å². The van der Waals surface area contributed by atoms with Gasteiger partial charge < -0.3 is 5.32 Å². The standard InChI is InChI=1S/C28H21F3N4O3/c1-2-16-3-5-17(6-4-16)26(36)33-19-7-9-20(10-8-19)35-27(37)22-13-18(29)15-32-25(22)34(28(35)38)21-11-12-23(30)24(31)14-21/h1,3-6,11-15,19-20H,7-10H2,(H,33,36)/t19-,20+. The van der Waals surface area contributed by atoms with Crippen molar-refractivity contribution in [1.82, 2.24) is 19.4 Å². The Kier molecular flexibility index (Phi) is 6.59. The first-order valence-electron chi connectivity index (χ1n) is 11.9. The molecule has 0 atom stereocenters. The fourth-order valence-corrected chi connectivity index (χ4v) is 4.83. The minimum atomic E-state index is -1.19. The number of amides is 1. The first-order valence-corrected chi connectivity index (χ1v) is 11.9. The molecular weight excluding hydrogens is 497 g/mol. The summed E-state index contributed by atoms with van der Waals surface area (Å²) < 4.78 is 43.6. The van der Waals surface area contributed by atoms with Crippen molar-refractivity contribution >= 4 is 16.9 Å². The van der Waals surface area contributed by atoms with Crippen molar-refractivity contribution < 1.29 is 18.0 Å². The van der Waals surface area contributed by atoms with Gasteiger partial charge in [0.15, 0.2) is 17.3 Å². The molecule has 4 aromatic rings. The lowest BCUT2D eigenvalue weighted by Gasteiger charge is -2.30. The normalized spacial score (nSPS) is 17.2. The van der Waals surface area contributed by atoms with Crippen molar-refractivity contribution in [2.45, 2.75) is 37.8 Å². The van der Waals surface area contributed by atoms with Crippen LogP contribution in [0.25, 0.3) is 16.7 Å². The number of pyridine rings is 1. The summed E-state index contributed by atoms with van der Waals surface area (Å²) in [5, 5.41) is 2.80. The van der Waals surface area contributed by atoms with Crippen molar-refractivity contribution in [1.29, 1.82) is 0 Å². The average Bonchev–Trinajstić information content (AvgIpc) is 2.92. The third-order valence-electron chi connectivity index (χ3n) is 6.76. The second-order valence-corrected chi connectivity index (χ2v) is 9.12. The summed E-state index contributed by atoms with van der Waals surface area (Å²) in [6, 6.07) is 9.71. The van der Waals surface area contributed by atoms with E-state index < -0.39 is 34.7 Å². The van der Waals surface area contributed by atoms with Crippen molar-refractivity contribution in [3.05, 3.63) is 104 Å². The molecule has 1 N–H and O–H groups in total. The highest BCUT2D eigenvalue weighted by atomic mass is 19.2. The number of hydrogen-bond donors (Lipinski definition) is 1. The lowest BCUT2D eigenvalue weighted by atomic mass is 9.90. The summed E-state index contributed by atoms with van der Waals surface area (Å²) in [6.07, 6.45) is 7.91. The van der Waals surface area contributed by atoms with Crippen LogP contribution in [0.5, 0.6) is 0 Å². The molecule has 0 unspecified atom stereocenters. The van der Waals surface area contributed by atoms with E-state index in [0.717, 1.165) is 33.5 Å². The Morgan fingerprint density at radius 1 is 0.974 bits per heavy atom. The number of aromatic nitrogens is 3. The smallest absolute Gasteiger partial charge is 0.337 e. The Morgan fingerprint density at radius 2 is 1.68 bits per heavy atom. The van der Waals surface area contributed by atoms with Crippen molar-refractivity contribution in [3.8, 4) is 18.0 Å². The molecular formula is C28H21F3N4O3. The zero-order chi connectivity index (χ0) is 27.0. The number of hydrogen-bond acceptors (Lipinski definition) is 4. The van der Waals surface area contributed by atoms with Crippen LogP contribution in [0, 0.1) is 29.8 Å². The van der Waals surface area contributed by atoms with Gasteiger partial charge in [0.05, 0.1) is 17.3 Å². The van der Waals surface area contributed by atoms with Gasteiger partial charge in [0.2, 0.25) is 0 Å². The second-order valence-electron chi connectivity index (χ2n) is 9.12. The number of fused-ring (bicyclic) bond motifs is 1. The number of rotatable bonds is 4. The fraction of sp³-hybridized carbons (Fsp3) is 0.214.